The number of nitrogens with one attached hydrogen (secondary N) is 1. The van der Waals surface area contributed by atoms with Crippen LogP contribution < -0.4 is 11.1 Å². The molecule has 1 aliphatic rings. The summed E-state index contributed by atoms with van der Waals surface area (Å²) in [5.74, 6) is 0. The van der Waals surface area contributed by atoms with Gasteiger partial charge in [-0.2, -0.15) is 0 Å². The van der Waals surface area contributed by atoms with Crippen LogP contribution >= 0.6 is 11.8 Å². The topological polar surface area (TPSA) is 47.3 Å². The maximum Gasteiger partial charge on any atom is 0.0703 e. The third-order valence-electron chi connectivity index (χ3n) is 3.06. The van der Waals surface area contributed by atoms with E-state index in [0.29, 0.717) is 6.10 Å². The van der Waals surface area contributed by atoms with Gasteiger partial charge in [0.1, 0.15) is 0 Å². The fourth-order valence-electron chi connectivity index (χ4n) is 2.04. The van der Waals surface area contributed by atoms with Crippen molar-refractivity contribution in [2.45, 2.75) is 23.8 Å². The first-order valence-corrected chi connectivity index (χ1v) is 7.27. The maximum absolute atomic E-state index is 5.88. The SMILES string of the molecule is CSc1cc(CCC2CNCCO2)ccc1N. The van der Waals surface area contributed by atoms with Crippen LogP contribution in [-0.4, -0.2) is 32.1 Å². The van der Waals surface area contributed by atoms with Gasteiger partial charge in [0.15, 0.2) is 0 Å². The molecule has 0 aromatic heterocycles. The van der Waals surface area contributed by atoms with Crippen LogP contribution in [-0.2, 0) is 11.2 Å². The quantitative estimate of drug-likeness (QED) is 0.635. The highest BCUT2D eigenvalue weighted by molar-refractivity contribution is 7.98. The van der Waals surface area contributed by atoms with Gasteiger partial charge in [-0.3, -0.25) is 0 Å². The highest BCUT2D eigenvalue weighted by atomic mass is 32.2. The van der Waals surface area contributed by atoms with E-state index in [9.17, 15) is 0 Å². The van der Waals surface area contributed by atoms with Crippen LogP contribution in [0.1, 0.15) is 12.0 Å². The van der Waals surface area contributed by atoms with Crippen molar-refractivity contribution in [3.8, 4) is 0 Å². The molecule has 3 N–H and O–H groups in total. The molecule has 1 aliphatic heterocycles. The van der Waals surface area contributed by atoms with E-state index in [1.807, 2.05) is 6.07 Å². The van der Waals surface area contributed by atoms with Gasteiger partial charge in [-0.15, -0.1) is 11.8 Å². The number of thioether (sulfide) groups is 1. The normalized spacial score (nSPS) is 20.4. The highest BCUT2D eigenvalue weighted by Gasteiger charge is 2.13. The van der Waals surface area contributed by atoms with Crippen molar-refractivity contribution >= 4 is 17.4 Å². The van der Waals surface area contributed by atoms with Gasteiger partial charge in [-0.1, -0.05) is 6.07 Å². The molecule has 0 aliphatic carbocycles. The van der Waals surface area contributed by atoms with Crippen molar-refractivity contribution in [2.75, 3.05) is 31.7 Å². The van der Waals surface area contributed by atoms with Crippen molar-refractivity contribution in [1.29, 1.82) is 0 Å². The molecule has 0 amide bonds. The molecule has 1 heterocycles. The van der Waals surface area contributed by atoms with E-state index in [1.54, 1.807) is 11.8 Å². The molecule has 1 unspecified atom stereocenters. The van der Waals surface area contributed by atoms with E-state index in [-0.39, 0.29) is 0 Å². The summed E-state index contributed by atoms with van der Waals surface area (Å²) in [5, 5.41) is 3.35. The Bertz CT molecular complexity index is 364. The lowest BCUT2D eigenvalue weighted by molar-refractivity contribution is 0.0238. The molecule has 2 rings (SSSR count). The van der Waals surface area contributed by atoms with Gasteiger partial charge in [0.05, 0.1) is 12.7 Å². The smallest absolute Gasteiger partial charge is 0.0703 e. The minimum Gasteiger partial charge on any atom is -0.398 e. The van der Waals surface area contributed by atoms with Crippen LogP contribution in [0.25, 0.3) is 0 Å². The Hall–Kier alpha value is -0.710. The van der Waals surface area contributed by atoms with Crippen molar-refractivity contribution < 1.29 is 4.74 Å². The van der Waals surface area contributed by atoms with Gasteiger partial charge in [0.25, 0.3) is 0 Å². The first-order valence-electron chi connectivity index (χ1n) is 6.04. The predicted molar refractivity (Wildman–Crippen MR) is 73.6 cm³/mol. The van der Waals surface area contributed by atoms with Crippen LogP contribution in [0.5, 0.6) is 0 Å². The number of hydrogen-bond acceptors (Lipinski definition) is 4. The summed E-state index contributed by atoms with van der Waals surface area (Å²) in [5.41, 5.74) is 8.10. The molecule has 0 spiro atoms. The second-order valence-electron chi connectivity index (χ2n) is 4.31. The van der Waals surface area contributed by atoms with E-state index in [4.69, 9.17) is 10.5 Å². The fourth-order valence-corrected chi connectivity index (χ4v) is 2.62. The number of ether oxygens (including phenoxy) is 1. The zero-order valence-electron chi connectivity index (χ0n) is 10.2. The summed E-state index contributed by atoms with van der Waals surface area (Å²) in [6.45, 7) is 2.79. The second-order valence-corrected chi connectivity index (χ2v) is 5.16. The molecule has 0 radical (unpaired) electrons. The monoisotopic (exact) mass is 252 g/mol. The molecule has 94 valence electrons. The Morgan fingerprint density at radius 1 is 1.53 bits per heavy atom. The molecule has 1 saturated heterocycles. The minimum atomic E-state index is 0.360. The Morgan fingerprint density at radius 3 is 3.12 bits per heavy atom. The third-order valence-corrected chi connectivity index (χ3v) is 3.85. The predicted octanol–water partition coefficient (Wildman–Crippen LogP) is 1.91. The second kappa shape index (κ2) is 6.28. The number of anilines is 1. The number of nitrogen functional groups attached to an aromatic ring is 1. The maximum atomic E-state index is 5.88. The number of nitrogens with two attached hydrogens (primary N) is 1. The highest BCUT2D eigenvalue weighted by Crippen LogP contribution is 2.24. The van der Waals surface area contributed by atoms with Crippen molar-refractivity contribution in [3.05, 3.63) is 23.8 Å². The number of rotatable bonds is 4. The largest absolute Gasteiger partial charge is 0.398 e. The molecule has 4 heteroatoms. The molecular formula is C13H20N2OS. The summed E-state index contributed by atoms with van der Waals surface area (Å²) in [6, 6.07) is 6.31. The zero-order chi connectivity index (χ0) is 12.1. The first kappa shape index (κ1) is 12.7. The van der Waals surface area contributed by atoms with Gasteiger partial charge < -0.3 is 15.8 Å². The number of hydrogen-bond donors (Lipinski definition) is 2. The summed E-state index contributed by atoms with van der Waals surface area (Å²) < 4.78 is 5.69. The lowest BCUT2D eigenvalue weighted by atomic mass is 10.1. The Labute approximate surface area is 107 Å². The van der Waals surface area contributed by atoms with Gasteiger partial charge in [0, 0.05) is 23.7 Å². The van der Waals surface area contributed by atoms with Crippen LogP contribution in [0.4, 0.5) is 5.69 Å². The third kappa shape index (κ3) is 3.63. The molecule has 1 aromatic carbocycles. The average Bonchev–Trinajstić information content (AvgIpc) is 2.39. The van der Waals surface area contributed by atoms with Gasteiger partial charge >= 0.3 is 0 Å². The van der Waals surface area contributed by atoms with E-state index >= 15 is 0 Å². The van der Waals surface area contributed by atoms with E-state index in [2.05, 4.69) is 23.7 Å². The average molecular weight is 252 g/mol. The van der Waals surface area contributed by atoms with Crippen molar-refractivity contribution in [2.24, 2.45) is 0 Å². The molecule has 3 nitrogen and oxygen atoms in total. The fraction of sp³-hybridized carbons (Fsp3) is 0.538. The minimum absolute atomic E-state index is 0.360. The van der Waals surface area contributed by atoms with Crippen molar-refractivity contribution in [3.63, 3.8) is 0 Å². The van der Waals surface area contributed by atoms with Gasteiger partial charge in [-0.25, -0.2) is 0 Å². The van der Waals surface area contributed by atoms with E-state index in [1.165, 1.54) is 10.5 Å². The summed E-state index contributed by atoms with van der Waals surface area (Å²) in [7, 11) is 0. The van der Waals surface area contributed by atoms with Gasteiger partial charge in [0.2, 0.25) is 0 Å². The van der Waals surface area contributed by atoms with Crippen LogP contribution in [0.3, 0.4) is 0 Å². The summed E-state index contributed by atoms with van der Waals surface area (Å²) >= 11 is 1.70. The van der Waals surface area contributed by atoms with E-state index < -0.39 is 0 Å². The molecule has 1 fully saturated rings. The first-order chi connectivity index (χ1) is 8.29. The molecular weight excluding hydrogens is 232 g/mol. The van der Waals surface area contributed by atoms with Crippen LogP contribution in [0.15, 0.2) is 23.1 Å². The van der Waals surface area contributed by atoms with Crippen molar-refractivity contribution in [1.82, 2.24) is 5.32 Å². The standard InChI is InChI=1S/C13H20N2OS/c1-17-13-8-10(3-5-12(13)14)2-4-11-9-15-6-7-16-11/h3,5,8,11,15H,2,4,6-7,9,14H2,1H3. The number of benzene rings is 1. The lowest BCUT2D eigenvalue weighted by Crippen LogP contribution is -2.38. The number of aryl methyl sites for hydroxylation is 1. The van der Waals surface area contributed by atoms with E-state index in [0.717, 1.165) is 38.2 Å². The Balaban J connectivity index is 1.89. The molecule has 0 bridgehead atoms. The Kier molecular flexibility index (Phi) is 4.71. The zero-order valence-corrected chi connectivity index (χ0v) is 11.1. The molecule has 0 saturated carbocycles. The molecule has 1 aromatic rings. The summed E-state index contributed by atoms with van der Waals surface area (Å²) in [6.07, 6.45) is 4.55. The molecule has 17 heavy (non-hydrogen) atoms. The van der Waals surface area contributed by atoms with Crippen LogP contribution in [0.2, 0.25) is 0 Å². The Morgan fingerprint density at radius 2 is 2.41 bits per heavy atom. The number of morpholine rings is 1. The molecule has 1 atom stereocenters. The lowest BCUT2D eigenvalue weighted by Gasteiger charge is -2.23. The van der Waals surface area contributed by atoms with Crippen LogP contribution in [0, 0.1) is 0 Å². The van der Waals surface area contributed by atoms with Gasteiger partial charge in [-0.05, 0) is 36.8 Å². The summed E-state index contributed by atoms with van der Waals surface area (Å²) in [4.78, 5) is 1.17.